The quantitative estimate of drug-likeness (QED) is 0.655. The van der Waals surface area contributed by atoms with Crippen LogP contribution in [-0.2, 0) is 9.59 Å². The van der Waals surface area contributed by atoms with Crippen LogP contribution in [0.3, 0.4) is 0 Å². The lowest BCUT2D eigenvalue weighted by molar-refractivity contribution is -0.117. The van der Waals surface area contributed by atoms with Gasteiger partial charge in [0.2, 0.25) is 11.8 Å². The molecule has 4 N–H and O–H groups in total. The molecule has 0 aliphatic rings. The molecule has 0 radical (unpaired) electrons. The van der Waals surface area contributed by atoms with Crippen molar-refractivity contribution in [2.75, 3.05) is 18.0 Å². The summed E-state index contributed by atoms with van der Waals surface area (Å²) in [6, 6.07) is 4.95. The van der Waals surface area contributed by atoms with E-state index in [2.05, 4.69) is 4.98 Å². The molecule has 0 saturated heterocycles. The molecule has 88 valence electrons. The van der Waals surface area contributed by atoms with E-state index in [9.17, 15) is 9.59 Å². The van der Waals surface area contributed by atoms with Crippen molar-refractivity contribution < 1.29 is 9.59 Å². The first-order chi connectivity index (χ1) is 8.02. The van der Waals surface area contributed by atoms with E-state index in [-0.39, 0.29) is 13.1 Å². The van der Waals surface area contributed by atoms with Crippen LogP contribution >= 0.6 is 0 Å². The van der Waals surface area contributed by atoms with E-state index < -0.39 is 11.8 Å². The van der Waals surface area contributed by atoms with Crippen molar-refractivity contribution in [1.82, 2.24) is 4.98 Å². The van der Waals surface area contributed by atoms with E-state index >= 15 is 0 Å². The van der Waals surface area contributed by atoms with Crippen molar-refractivity contribution in [3.8, 4) is 6.07 Å². The van der Waals surface area contributed by atoms with E-state index in [0.717, 1.165) is 0 Å². The monoisotopic (exact) mass is 233 g/mol. The molecule has 0 aliphatic carbocycles. The molecular weight excluding hydrogens is 222 g/mol. The summed E-state index contributed by atoms with van der Waals surface area (Å²) >= 11 is 0. The van der Waals surface area contributed by atoms with Gasteiger partial charge in [-0.05, 0) is 12.1 Å². The third-order valence-electron chi connectivity index (χ3n) is 1.89. The summed E-state index contributed by atoms with van der Waals surface area (Å²) in [5, 5.41) is 8.61. The molecule has 0 unspecified atom stereocenters. The molecule has 1 rings (SSSR count). The van der Waals surface area contributed by atoms with Gasteiger partial charge >= 0.3 is 0 Å². The van der Waals surface area contributed by atoms with Crippen LogP contribution in [-0.4, -0.2) is 29.9 Å². The number of amides is 2. The fourth-order valence-corrected chi connectivity index (χ4v) is 1.23. The van der Waals surface area contributed by atoms with Gasteiger partial charge in [-0.25, -0.2) is 4.98 Å². The van der Waals surface area contributed by atoms with Gasteiger partial charge in [0.15, 0.2) is 0 Å². The molecule has 7 nitrogen and oxygen atoms in total. The zero-order chi connectivity index (χ0) is 12.8. The summed E-state index contributed by atoms with van der Waals surface area (Å²) in [4.78, 5) is 27.0. The third-order valence-corrected chi connectivity index (χ3v) is 1.89. The zero-order valence-corrected chi connectivity index (χ0v) is 8.96. The summed E-state index contributed by atoms with van der Waals surface area (Å²) in [5.74, 6) is -0.837. The Morgan fingerprint density at radius 2 is 1.88 bits per heavy atom. The molecule has 0 spiro atoms. The Hall–Kier alpha value is -2.62. The molecule has 2 amide bonds. The maximum absolute atomic E-state index is 10.8. The van der Waals surface area contributed by atoms with Gasteiger partial charge in [-0.2, -0.15) is 5.26 Å². The fraction of sp³-hybridized carbons (Fsp3) is 0.200. The predicted molar refractivity (Wildman–Crippen MR) is 59.6 cm³/mol. The summed E-state index contributed by atoms with van der Waals surface area (Å²) < 4.78 is 0. The SMILES string of the molecule is N#Cc1ccc(N(CC(N)=O)CC(N)=O)nc1. The minimum absolute atomic E-state index is 0.165. The number of anilines is 1. The Morgan fingerprint density at radius 3 is 2.24 bits per heavy atom. The second kappa shape index (κ2) is 5.46. The Kier molecular flexibility index (Phi) is 4.00. The van der Waals surface area contributed by atoms with Crippen LogP contribution in [0.2, 0.25) is 0 Å². The van der Waals surface area contributed by atoms with Crippen molar-refractivity contribution in [2.45, 2.75) is 0 Å². The highest BCUT2D eigenvalue weighted by Gasteiger charge is 2.13. The minimum Gasteiger partial charge on any atom is -0.368 e. The number of hydrogen-bond donors (Lipinski definition) is 2. The highest BCUT2D eigenvalue weighted by Crippen LogP contribution is 2.10. The van der Waals surface area contributed by atoms with Crippen LogP contribution in [0.5, 0.6) is 0 Å². The van der Waals surface area contributed by atoms with Crippen LogP contribution in [0.25, 0.3) is 0 Å². The van der Waals surface area contributed by atoms with Gasteiger partial charge in [-0.15, -0.1) is 0 Å². The van der Waals surface area contributed by atoms with Gasteiger partial charge in [0, 0.05) is 6.20 Å². The fourth-order valence-electron chi connectivity index (χ4n) is 1.23. The average Bonchev–Trinajstić information content (AvgIpc) is 2.27. The summed E-state index contributed by atoms with van der Waals surface area (Å²) in [6.45, 7) is -0.330. The van der Waals surface area contributed by atoms with Crippen LogP contribution < -0.4 is 16.4 Å². The second-order valence-corrected chi connectivity index (χ2v) is 3.31. The topological polar surface area (TPSA) is 126 Å². The number of aromatic nitrogens is 1. The van der Waals surface area contributed by atoms with Gasteiger partial charge in [0.1, 0.15) is 11.9 Å². The number of primary amides is 2. The number of nitriles is 1. The molecule has 0 fully saturated rings. The van der Waals surface area contributed by atoms with Crippen molar-refractivity contribution >= 4 is 17.6 Å². The number of hydrogen-bond acceptors (Lipinski definition) is 5. The molecule has 1 aromatic rings. The van der Waals surface area contributed by atoms with E-state index in [1.165, 1.54) is 23.2 Å². The number of carbonyl (C=O) groups excluding carboxylic acids is 2. The van der Waals surface area contributed by atoms with E-state index in [4.69, 9.17) is 16.7 Å². The Balaban J connectivity index is 2.91. The molecule has 0 atom stereocenters. The highest BCUT2D eigenvalue weighted by molar-refractivity contribution is 5.84. The van der Waals surface area contributed by atoms with Gasteiger partial charge in [0.25, 0.3) is 0 Å². The molecule has 0 aromatic carbocycles. The van der Waals surface area contributed by atoms with E-state index in [1.54, 1.807) is 0 Å². The van der Waals surface area contributed by atoms with E-state index in [1.807, 2.05) is 6.07 Å². The maximum Gasteiger partial charge on any atom is 0.237 e. The largest absolute Gasteiger partial charge is 0.368 e. The Bertz CT molecular complexity index is 447. The predicted octanol–water partition coefficient (Wildman–Crippen LogP) is -1.27. The first-order valence-electron chi connectivity index (χ1n) is 4.70. The molecule has 0 bridgehead atoms. The molecular formula is C10H11N5O2. The molecule has 1 aromatic heterocycles. The Morgan fingerprint density at radius 1 is 1.29 bits per heavy atom. The highest BCUT2D eigenvalue weighted by atomic mass is 16.2. The number of nitrogens with zero attached hydrogens (tertiary/aromatic N) is 3. The van der Waals surface area contributed by atoms with E-state index in [0.29, 0.717) is 11.4 Å². The van der Waals surface area contributed by atoms with Crippen molar-refractivity contribution in [2.24, 2.45) is 11.5 Å². The normalized spacial score (nSPS) is 9.35. The van der Waals surface area contributed by atoms with Crippen LogP contribution in [0.1, 0.15) is 5.56 Å². The van der Waals surface area contributed by atoms with Gasteiger partial charge in [-0.1, -0.05) is 0 Å². The summed E-state index contributed by atoms with van der Waals surface area (Å²) in [6.07, 6.45) is 1.34. The maximum atomic E-state index is 10.8. The van der Waals surface area contributed by atoms with Gasteiger partial charge < -0.3 is 16.4 Å². The summed E-state index contributed by atoms with van der Waals surface area (Å²) in [7, 11) is 0. The number of rotatable bonds is 5. The zero-order valence-electron chi connectivity index (χ0n) is 8.96. The average molecular weight is 233 g/mol. The molecule has 0 saturated carbocycles. The first-order valence-corrected chi connectivity index (χ1v) is 4.70. The molecule has 1 heterocycles. The van der Waals surface area contributed by atoms with Crippen LogP contribution in [0.15, 0.2) is 18.3 Å². The van der Waals surface area contributed by atoms with Crippen molar-refractivity contribution in [3.05, 3.63) is 23.9 Å². The minimum atomic E-state index is -0.600. The lowest BCUT2D eigenvalue weighted by atomic mass is 10.3. The standard InChI is InChI=1S/C10H11N5O2/c11-3-7-1-2-10(14-4-7)15(5-8(12)16)6-9(13)17/h1-2,4H,5-6H2,(H2,12,16)(H2,13,17). The molecule has 0 aliphatic heterocycles. The molecule has 17 heavy (non-hydrogen) atoms. The van der Waals surface area contributed by atoms with Crippen molar-refractivity contribution in [3.63, 3.8) is 0 Å². The Labute approximate surface area is 97.6 Å². The first kappa shape index (κ1) is 12.4. The van der Waals surface area contributed by atoms with Gasteiger partial charge in [-0.3, -0.25) is 9.59 Å². The number of carbonyl (C=O) groups is 2. The smallest absolute Gasteiger partial charge is 0.237 e. The van der Waals surface area contributed by atoms with Crippen molar-refractivity contribution in [1.29, 1.82) is 5.26 Å². The van der Waals surface area contributed by atoms with Crippen LogP contribution in [0, 0.1) is 11.3 Å². The third kappa shape index (κ3) is 3.79. The lowest BCUT2D eigenvalue weighted by Gasteiger charge is -2.20. The number of nitrogens with two attached hydrogens (primary N) is 2. The molecule has 7 heteroatoms. The lowest BCUT2D eigenvalue weighted by Crippen LogP contribution is -2.40. The summed E-state index contributed by atoms with van der Waals surface area (Å²) in [5.41, 5.74) is 10.5. The van der Waals surface area contributed by atoms with Crippen LogP contribution in [0.4, 0.5) is 5.82 Å². The second-order valence-electron chi connectivity index (χ2n) is 3.31. The number of pyridine rings is 1. The van der Waals surface area contributed by atoms with Gasteiger partial charge in [0.05, 0.1) is 18.7 Å².